The van der Waals surface area contributed by atoms with E-state index in [1.807, 2.05) is 56.1 Å². The Morgan fingerprint density at radius 3 is 2.56 bits per heavy atom. The van der Waals surface area contributed by atoms with E-state index in [2.05, 4.69) is 66.8 Å². The zero-order valence-corrected chi connectivity index (χ0v) is 18.6. The minimum Gasteiger partial charge on any atom is -0.456 e. The third-order valence-electron chi connectivity index (χ3n) is 6.39. The molecule has 0 spiro atoms. The van der Waals surface area contributed by atoms with Crippen LogP contribution in [0.1, 0.15) is 0 Å². The van der Waals surface area contributed by atoms with Crippen LogP contribution in [0.5, 0.6) is 11.5 Å². The number of benzene rings is 3. The molecular weight excluding hydrogens is 422 g/mol. The van der Waals surface area contributed by atoms with Crippen molar-refractivity contribution in [2.75, 3.05) is 18.6 Å². The van der Waals surface area contributed by atoms with E-state index >= 15 is 0 Å². The summed E-state index contributed by atoms with van der Waals surface area (Å²) in [5.74, 6) is 2.36. The summed E-state index contributed by atoms with van der Waals surface area (Å²) in [6.07, 6.45) is 9.53. The molecule has 0 amide bonds. The van der Waals surface area contributed by atoms with Gasteiger partial charge >= 0.3 is 0 Å². The van der Waals surface area contributed by atoms with Gasteiger partial charge in [0.2, 0.25) is 0 Å². The molecule has 3 aromatic heterocycles. The van der Waals surface area contributed by atoms with Crippen LogP contribution < -0.4 is 9.64 Å². The summed E-state index contributed by atoms with van der Waals surface area (Å²) in [5.41, 5.74) is 3.21. The zero-order chi connectivity index (χ0) is 22.6. The van der Waals surface area contributed by atoms with Crippen LogP contribution >= 0.6 is 0 Å². The van der Waals surface area contributed by atoms with Crippen molar-refractivity contribution in [1.29, 1.82) is 0 Å². The molecule has 0 bridgehead atoms. The molecule has 1 aliphatic rings. The summed E-state index contributed by atoms with van der Waals surface area (Å²) >= 11 is 0. The first kappa shape index (κ1) is 18.9. The summed E-state index contributed by atoms with van der Waals surface area (Å²) in [4.78, 5) is 13.3. The van der Waals surface area contributed by atoms with Gasteiger partial charge in [-0.3, -0.25) is 9.55 Å². The average Bonchev–Trinajstić information content (AvgIpc) is 3.45. The molecule has 0 aliphatic carbocycles. The number of hydrogen-bond acceptors (Lipinski definition) is 5. The van der Waals surface area contributed by atoms with E-state index in [0.29, 0.717) is 5.75 Å². The number of nitrogens with zero attached hydrogens (tertiary/aromatic N) is 5. The minimum atomic E-state index is 0.702. The molecule has 6 aromatic rings. The van der Waals surface area contributed by atoms with Gasteiger partial charge in [-0.15, -0.1) is 0 Å². The molecule has 0 saturated carbocycles. The van der Waals surface area contributed by atoms with Crippen molar-refractivity contribution in [2.45, 2.75) is 0 Å². The average molecular weight is 444 g/mol. The lowest BCUT2D eigenvalue weighted by molar-refractivity contribution is 0.479. The lowest BCUT2D eigenvalue weighted by atomic mass is 10.0. The van der Waals surface area contributed by atoms with Crippen molar-refractivity contribution in [2.24, 2.45) is 0 Å². The van der Waals surface area contributed by atoms with Gasteiger partial charge < -0.3 is 14.5 Å². The summed E-state index contributed by atoms with van der Waals surface area (Å²) in [6.45, 7) is 0.790. The molecule has 34 heavy (non-hydrogen) atoms. The summed E-state index contributed by atoms with van der Waals surface area (Å²) < 4.78 is 8.59. The molecular formula is C28H21N5O. The van der Waals surface area contributed by atoms with Gasteiger partial charge in [0.1, 0.15) is 17.3 Å². The second-order valence-corrected chi connectivity index (χ2v) is 8.65. The van der Waals surface area contributed by atoms with E-state index in [9.17, 15) is 0 Å². The second kappa shape index (κ2) is 7.22. The molecule has 0 radical (unpaired) electrons. The predicted molar refractivity (Wildman–Crippen MR) is 136 cm³/mol. The van der Waals surface area contributed by atoms with E-state index in [0.717, 1.165) is 40.3 Å². The number of aromatic nitrogens is 3. The lowest BCUT2D eigenvalue weighted by Gasteiger charge is -2.18. The van der Waals surface area contributed by atoms with E-state index in [1.54, 1.807) is 6.20 Å². The van der Waals surface area contributed by atoms with Gasteiger partial charge in [-0.2, -0.15) is 0 Å². The molecule has 6 nitrogen and oxygen atoms in total. The highest BCUT2D eigenvalue weighted by Gasteiger charge is 2.19. The maximum atomic E-state index is 6.37. The minimum absolute atomic E-state index is 0.702. The Balaban J connectivity index is 1.39. The first-order valence-electron chi connectivity index (χ1n) is 11.2. The highest BCUT2D eigenvalue weighted by molar-refractivity contribution is 6.24. The van der Waals surface area contributed by atoms with Gasteiger partial charge in [0.15, 0.2) is 0 Å². The second-order valence-electron chi connectivity index (χ2n) is 8.65. The Morgan fingerprint density at radius 2 is 1.71 bits per heavy atom. The van der Waals surface area contributed by atoms with Gasteiger partial charge in [-0.05, 0) is 35.0 Å². The number of anilines is 1. The van der Waals surface area contributed by atoms with E-state index in [-0.39, 0.29) is 0 Å². The first-order valence-corrected chi connectivity index (χ1v) is 11.2. The standard InChI is InChI=1S/C28H21N5O/c1-31-11-12-32(18-31)21-14-23(17-29-16-21)34-22-13-20-9-8-19-5-4-6-24-27(19)28(20)25(15-22)33(24)26-7-2-3-10-30-26/h2-17H,18H2,1H3. The molecule has 7 rings (SSSR count). The number of rotatable bonds is 4. The molecule has 0 unspecified atom stereocenters. The Kier molecular flexibility index (Phi) is 4.02. The molecule has 3 aromatic carbocycles. The van der Waals surface area contributed by atoms with Crippen molar-refractivity contribution in [3.63, 3.8) is 0 Å². The molecule has 0 fully saturated rings. The van der Waals surface area contributed by atoms with Crippen molar-refractivity contribution in [1.82, 2.24) is 19.4 Å². The van der Waals surface area contributed by atoms with Crippen LogP contribution in [0, 0.1) is 0 Å². The van der Waals surface area contributed by atoms with Crippen molar-refractivity contribution < 1.29 is 4.74 Å². The predicted octanol–water partition coefficient (Wildman–Crippen LogP) is 6.14. The fourth-order valence-electron chi connectivity index (χ4n) is 4.91. The maximum absolute atomic E-state index is 6.37. The fourth-order valence-corrected chi connectivity index (χ4v) is 4.91. The Morgan fingerprint density at radius 1 is 0.794 bits per heavy atom. The van der Waals surface area contributed by atoms with Gasteiger partial charge in [0.25, 0.3) is 0 Å². The third-order valence-corrected chi connectivity index (χ3v) is 6.39. The smallest absolute Gasteiger partial charge is 0.147 e. The van der Waals surface area contributed by atoms with Crippen LogP contribution in [-0.4, -0.2) is 33.2 Å². The molecule has 6 heteroatoms. The van der Waals surface area contributed by atoms with Crippen molar-refractivity contribution in [3.05, 3.63) is 97.7 Å². The molecule has 0 N–H and O–H groups in total. The number of pyridine rings is 2. The van der Waals surface area contributed by atoms with Crippen molar-refractivity contribution >= 4 is 38.3 Å². The molecule has 0 saturated heterocycles. The van der Waals surface area contributed by atoms with Crippen LogP contribution in [0.15, 0.2) is 97.7 Å². The topological polar surface area (TPSA) is 46.4 Å². The van der Waals surface area contributed by atoms with E-state index in [4.69, 9.17) is 4.74 Å². The van der Waals surface area contributed by atoms with E-state index < -0.39 is 0 Å². The maximum Gasteiger partial charge on any atom is 0.147 e. The van der Waals surface area contributed by atoms with E-state index in [1.165, 1.54) is 16.2 Å². The lowest BCUT2D eigenvalue weighted by Crippen LogP contribution is -2.21. The van der Waals surface area contributed by atoms with Crippen LogP contribution in [0.2, 0.25) is 0 Å². The molecule has 1 aliphatic heterocycles. The highest BCUT2D eigenvalue weighted by atomic mass is 16.5. The quantitative estimate of drug-likeness (QED) is 0.306. The third kappa shape index (κ3) is 2.89. The van der Waals surface area contributed by atoms with Gasteiger partial charge in [-0.25, -0.2) is 4.98 Å². The zero-order valence-electron chi connectivity index (χ0n) is 18.6. The highest BCUT2D eigenvalue weighted by Crippen LogP contribution is 2.41. The fraction of sp³-hybridized carbons (Fsp3) is 0.0714. The Bertz CT molecular complexity index is 1690. The van der Waals surface area contributed by atoms with Crippen molar-refractivity contribution in [3.8, 4) is 17.3 Å². The monoisotopic (exact) mass is 443 g/mol. The van der Waals surface area contributed by atoms with Gasteiger partial charge in [0, 0.05) is 48.5 Å². The Hall–Kier alpha value is -4.58. The summed E-state index contributed by atoms with van der Waals surface area (Å²) in [6, 6.07) is 23.0. The molecule has 4 heterocycles. The number of ether oxygens (including phenoxy) is 1. The summed E-state index contributed by atoms with van der Waals surface area (Å²) in [7, 11) is 2.05. The van der Waals surface area contributed by atoms with Crippen LogP contribution in [-0.2, 0) is 0 Å². The molecule has 164 valence electrons. The normalized spacial score (nSPS) is 13.7. The van der Waals surface area contributed by atoms with Gasteiger partial charge in [-0.1, -0.05) is 30.3 Å². The SMILES string of the molecule is CN1C=CN(c2cncc(Oc3cc4ccc5cccc6c5c4c(c3)n6-c3ccccn3)c2)C1. The Labute approximate surface area is 196 Å². The van der Waals surface area contributed by atoms with Crippen LogP contribution in [0.3, 0.4) is 0 Å². The molecule has 0 atom stereocenters. The van der Waals surface area contributed by atoms with Crippen LogP contribution in [0.4, 0.5) is 5.69 Å². The van der Waals surface area contributed by atoms with Crippen LogP contribution in [0.25, 0.3) is 38.4 Å². The number of hydrogen-bond donors (Lipinski definition) is 0. The largest absolute Gasteiger partial charge is 0.456 e. The van der Waals surface area contributed by atoms with Gasteiger partial charge in [0.05, 0.1) is 35.8 Å². The summed E-state index contributed by atoms with van der Waals surface area (Å²) in [5, 5.41) is 4.84. The first-order chi connectivity index (χ1) is 16.7.